The van der Waals surface area contributed by atoms with Gasteiger partial charge in [0.25, 0.3) is 35.4 Å². The molecule has 0 aliphatic carbocycles. The van der Waals surface area contributed by atoms with Crippen molar-refractivity contribution in [2.75, 3.05) is 90.7 Å². The molecular weight excluding hydrogens is 1160 g/mol. The first-order valence-electron chi connectivity index (χ1n) is 29.9. The van der Waals surface area contributed by atoms with Gasteiger partial charge >= 0.3 is 0 Å². The Balaban J connectivity index is 0.000000717. The highest BCUT2D eigenvalue weighted by Gasteiger charge is 2.22. The maximum absolute atomic E-state index is 12.7. The predicted octanol–water partition coefficient (Wildman–Crippen LogP) is 12.1. The molecule has 1 aliphatic rings. The van der Waals surface area contributed by atoms with E-state index in [4.69, 9.17) is 9.47 Å². The molecule has 6 aromatic carbocycles. The number of nitrogens with zero attached hydrogens (tertiary/aromatic N) is 9. The van der Waals surface area contributed by atoms with Crippen LogP contribution in [0.1, 0.15) is 102 Å². The molecular formula is C71H89N13O8. The van der Waals surface area contributed by atoms with E-state index in [1.165, 1.54) is 0 Å². The Morgan fingerprint density at radius 1 is 0.467 bits per heavy atom. The Labute approximate surface area is 546 Å². The van der Waals surface area contributed by atoms with Crippen molar-refractivity contribution in [3.05, 3.63) is 233 Å². The lowest BCUT2D eigenvalue weighted by Gasteiger charge is -2.23. The summed E-state index contributed by atoms with van der Waals surface area (Å²) in [5, 5.41) is 11.6. The second-order valence-electron chi connectivity index (χ2n) is 21.9. The highest BCUT2D eigenvalue weighted by molar-refractivity contribution is 6.05. The maximum atomic E-state index is 12.7. The molecule has 0 radical (unpaired) electrons. The molecule has 0 bridgehead atoms. The molecule has 1 aliphatic heterocycles. The van der Waals surface area contributed by atoms with Crippen molar-refractivity contribution in [1.29, 1.82) is 0 Å². The first-order chi connectivity index (χ1) is 44.4. The Morgan fingerprint density at radius 2 is 0.870 bits per heavy atom. The van der Waals surface area contributed by atoms with Gasteiger partial charge in [0, 0.05) is 121 Å². The minimum atomic E-state index is -0.334. The Kier molecular flexibility index (Phi) is 24.2. The van der Waals surface area contributed by atoms with E-state index in [9.17, 15) is 28.8 Å². The van der Waals surface area contributed by atoms with Crippen molar-refractivity contribution >= 4 is 52.5 Å². The molecule has 9 aromatic rings. The fourth-order valence-electron chi connectivity index (χ4n) is 9.29. The molecule has 1 fully saturated rings. The molecule has 92 heavy (non-hydrogen) atoms. The van der Waals surface area contributed by atoms with Crippen LogP contribution in [0.15, 0.2) is 182 Å². The summed E-state index contributed by atoms with van der Waals surface area (Å²) in [5.74, 6) is -1.25. The van der Waals surface area contributed by atoms with Crippen molar-refractivity contribution in [3.8, 4) is 33.8 Å². The van der Waals surface area contributed by atoms with Crippen LogP contribution in [0.4, 0.5) is 17.1 Å². The SMILES string of the molecule is COCCN(C)C(=O)c1cccc(-c2cnc(C)c(C(=O)Nc3ccccc3)n2)c1.Cc1ncc(-c2ccc(C(=O)N(C)CCN(C)C)cc2)nc1C(=O)Nc1ccccc1.Cc1ncc(-c2cccc(C(=O)NC3CCOCC3)c2)nc1C(=O)Nc1ccccc1.[HH].[HH].[HH].[HH].[HH].[HH].[HH]. The second kappa shape index (κ2) is 33.2. The number of benzene rings is 6. The fraction of sp³-hybridized carbons (Fsp3) is 0.239. The number of aromatic nitrogens is 6. The lowest BCUT2D eigenvalue weighted by Crippen LogP contribution is -2.38. The zero-order valence-corrected chi connectivity index (χ0v) is 52.8. The van der Waals surface area contributed by atoms with E-state index in [0.29, 0.717) is 106 Å². The van der Waals surface area contributed by atoms with Gasteiger partial charge in [0.05, 0.1) is 59.4 Å². The van der Waals surface area contributed by atoms with E-state index < -0.39 is 0 Å². The van der Waals surface area contributed by atoms with Crippen LogP contribution in [0.25, 0.3) is 33.8 Å². The number of likely N-dealkylation sites (N-methyl/N-ethyl adjacent to an activating group) is 3. The van der Waals surface area contributed by atoms with Crippen LogP contribution >= 0.6 is 0 Å². The smallest absolute Gasteiger partial charge is 0.276 e. The van der Waals surface area contributed by atoms with Crippen molar-refractivity contribution in [2.45, 2.75) is 39.7 Å². The summed E-state index contributed by atoms with van der Waals surface area (Å²) in [6.45, 7) is 8.97. The zero-order valence-electron chi connectivity index (χ0n) is 52.8. The van der Waals surface area contributed by atoms with E-state index in [-0.39, 0.29) is 68.6 Å². The number of rotatable bonds is 19. The van der Waals surface area contributed by atoms with Crippen molar-refractivity contribution in [2.24, 2.45) is 0 Å². The topological polar surface area (TPSA) is 256 Å². The van der Waals surface area contributed by atoms with Gasteiger partial charge in [-0.05, 0) is 121 Å². The van der Waals surface area contributed by atoms with E-state index in [0.717, 1.165) is 30.5 Å². The third-order valence-electron chi connectivity index (χ3n) is 14.6. The Morgan fingerprint density at radius 3 is 1.30 bits per heavy atom. The molecule has 0 spiro atoms. The number of ether oxygens (including phenoxy) is 2. The summed E-state index contributed by atoms with van der Waals surface area (Å²) < 4.78 is 10.4. The number of para-hydroxylation sites is 3. The molecule has 0 saturated carbocycles. The molecule has 486 valence electrons. The lowest BCUT2D eigenvalue weighted by molar-refractivity contribution is 0.0695. The number of anilines is 3. The molecule has 1 saturated heterocycles. The average molecular weight is 1250 g/mol. The van der Waals surface area contributed by atoms with E-state index >= 15 is 0 Å². The zero-order chi connectivity index (χ0) is 65.5. The van der Waals surface area contributed by atoms with Crippen LogP contribution in [0, 0.1) is 20.8 Å². The number of aryl methyl sites for hydroxylation is 3. The van der Waals surface area contributed by atoms with Gasteiger partial charge in [0.1, 0.15) is 17.1 Å². The number of carbonyl (C=O) groups is 6. The van der Waals surface area contributed by atoms with Gasteiger partial charge in [-0.3, -0.25) is 43.7 Å². The minimum absolute atomic E-state index is 0. The quantitative estimate of drug-likeness (QED) is 0.0587. The third-order valence-corrected chi connectivity index (χ3v) is 14.6. The molecule has 10 rings (SSSR count). The van der Waals surface area contributed by atoms with Gasteiger partial charge in [-0.1, -0.05) is 91.0 Å². The van der Waals surface area contributed by atoms with Crippen molar-refractivity contribution < 1.29 is 48.2 Å². The molecule has 4 heterocycles. The van der Waals surface area contributed by atoms with E-state index in [1.807, 2.05) is 122 Å². The van der Waals surface area contributed by atoms with Crippen LogP contribution < -0.4 is 21.3 Å². The molecule has 21 heteroatoms. The molecule has 4 N–H and O–H groups in total. The summed E-state index contributed by atoms with van der Waals surface area (Å²) in [4.78, 5) is 108. The molecule has 0 atom stereocenters. The number of carbonyl (C=O) groups excluding carboxylic acids is 6. The molecule has 0 unspecified atom stereocenters. The Bertz CT molecular complexity index is 4020. The number of hydrogen-bond donors (Lipinski definition) is 4. The van der Waals surface area contributed by atoms with Gasteiger partial charge < -0.3 is 45.4 Å². The van der Waals surface area contributed by atoms with Gasteiger partial charge in [0.2, 0.25) is 0 Å². The van der Waals surface area contributed by atoms with E-state index in [2.05, 4.69) is 51.2 Å². The number of methoxy groups -OCH3 is 1. The van der Waals surface area contributed by atoms with Crippen LogP contribution in [0.2, 0.25) is 0 Å². The van der Waals surface area contributed by atoms with Crippen molar-refractivity contribution in [1.82, 2.24) is 49.9 Å². The fourth-order valence-corrected chi connectivity index (χ4v) is 9.29. The first-order valence-corrected chi connectivity index (χ1v) is 29.9. The summed E-state index contributed by atoms with van der Waals surface area (Å²) in [7, 11) is 9.07. The van der Waals surface area contributed by atoms with Crippen molar-refractivity contribution in [3.63, 3.8) is 0 Å². The molecule has 6 amide bonds. The van der Waals surface area contributed by atoms with Crippen LogP contribution in [0.3, 0.4) is 0 Å². The van der Waals surface area contributed by atoms with Gasteiger partial charge in [0.15, 0.2) is 0 Å². The average Bonchev–Trinajstić information content (AvgIpc) is 0.842. The monoisotopic (exact) mass is 1250 g/mol. The maximum Gasteiger partial charge on any atom is 0.276 e. The highest BCUT2D eigenvalue weighted by Crippen LogP contribution is 2.24. The van der Waals surface area contributed by atoms with Crippen LogP contribution in [-0.2, 0) is 9.47 Å². The van der Waals surface area contributed by atoms with Crippen LogP contribution in [0.5, 0.6) is 0 Å². The number of nitrogens with one attached hydrogen (secondary N) is 4. The molecule has 21 nitrogen and oxygen atoms in total. The highest BCUT2D eigenvalue weighted by atomic mass is 16.5. The predicted molar refractivity (Wildman–Crippen MR) is 370 cm³/mol. The van der Waals surface area contributed by atoms with E-state index in [1.54, 1.807) is 131 Å². The summed E-state index contributed by atoms with van der Waals surface area (Å²) >= 11 is 0. The normalized spacial score (nSPS) is 11.8. The second-order valence-corrected chi connectivity index (χ2v) is 21.9. The first kappa shape index (κ1) is 67.2. The van der Waals surface area contributed by atoms with Gasteiger partial charge in [-0.15, -0.1) is 0 Å². The van der Waals surface area contributed by atoms with Gasteiger partial charge in [-0.25, -0.2) is 15.0 Å². The number of amides is 6. The third kappa shape index (κ3) is 19.1. The lowest BCUT2D eigenvalue weighted by atomic mass is 10.1. The van der Waals surface area contributed by atoms with Crippen LogP contribution in [-0.4, -0.2) is 161 Å². The largest absolute Gasteiger partial charge is 0.383 e. The summed E-state index contributed by atoms with van der Waals surface area (Å²) in [6, 6.07) is 49.2. The standard InChI is InChI=1S/C24H27N5O2.C24H24N4O3.C23H24N4O3.7H2/c1-17-22(23(30)26-20-8-6-5-7-9-20)27-21(16-25-17)18-10-12-19(13-11-18)24(31)29(4)15-14-28(2)3;1-16-22(24(30)27-19-8-3-2-4-9-19)28-21(15-25-16)17-6-5-7-18(14-17)23(29)26-20-10-12-31-13-11-20;1-16-21(22(28)25-19-10-5-4-6-11-19)26-20(15-24-16)17-8-7-9-18(14-17)23(29)27(2)12-13-30-3;;;;;;;/h5-13,16H,14-15H2,1-4H3,(H,26,30);2-9,14-15,20H,10-13H2,1H3,(H,26,29)(H,27,30);4-11,14-15H,12-13H2,1-3H3,(H,25,28);7*1H. The van der Waals surface area contributed by atoms with Gasteiger partial charge in [-0.2, -0.15) is 0 Å². The summed E-state index contributed by atoms with van der Waals surface area (Å²) in [6.07, 6.45) is 6.48. The summed E-state index contributed by atoms with van der Waals surface area (Å²) in [5.41, 5.74) is 9.95. The number of hydrogen-bond acceptors (Lipinski definition) is 15. The molecule has 3 aromatic heterocycles. The minimum Gasteiger partial charge on any atom is -0.383 e. The Hall–Kier alpha value is -10.7.